The Kier molecular flexibility index (Phi) is 4.73. The lowest BCUT2D eigenvalue weighted by Gasteiger charge is -2.46. The molecule has 2 aromatic rings. The zero-order valence-electron chi connectivity index (χ0n) is 14.8. The summed E-state index contributed by atoms with van der Waals surface area (Å²) in [5.74, 6) is 0.854. The van der Waals surface area contributed by atoms with Gasteiger partial charge in [0, 0.05) is 19.0 Å². The molecule has 1 saturated heterocycles. The molecule has 2 aromatic carbocycles. The van der Waals surface area contributed by atoms with Gasteiger partial charge in [-0.15, -0.1) is 10.8 Å². The Morgan fingerprint density at radius 3 is 2.70 bits per heavy atom. The van der Waals surface area contributed by atoms with E-state index in [0.717, 1.165) is 30.6 Å². The van der Waals surface area contributed by atoms with Crippen LogP contribution in [0.1, 0.15) is 24.8 Å². The summed E-state index contributed by atoms with van der Waals surface area (Å²) in [5, 5.41) is 0. The molecule has 4 rings (SSSR count). The van der Waals surface area contributed by atoms with Crippen LogP contribution in [0.2, 0.25) is 0 Å². The van der Waals surface area contributed by atoms with Crippen LogP contribution >= 0.6 is 10.8 Å². The zero-order chi connectivity index (χ0) is 19.0. The van der Waals surface area contributed by atoms with Crippen LogP contribution in [-0.2, 0) is 11.2 Å². The summed E-state index contributed by atoms with van der Waals surface area (Å²) in [4.78, 5) is 13.5. The predicted molar refractivity (Wildman–Crippen MR) is 105 cm³/mol. The number of nitrogens with one attached hydrogen (secondary N) is 1. The molecule has 1 atom stereocenters. The highest BCUT2D eigenvalue weighted by molar-refractivity contribution is 8.22. The highest BCUT2D eigenvalue weighted by Crippen LogP contribution is 2.55. The van der Waals surface area contributed by atoms with Gasteiger partial charge in [-0.05, 0) is 49.1 Å². The van der Waals surface area contributed by atoms with Crippen LogP contribution in [0.5, 0.6) is 11.5 Å². The molecular formula is C19H23N3O4S. The summed E-state index contributed by atoms with van der Waals surface area (Å²) in [5.41, 5.74) is 7.03. The van der Waals surface area contributed by atoms with Crippen molar-refractivity contribution in [3.63, 3.8) is 0 Å². The maximum atomic E-state index is 10.9. The first-order valence-electron chi connectivity index (χ1n) is 8.94. The quantitative estimate of drug-likeness (QED) is 0.624. The summed E-state index contributed by atoms with van der Waals surface area (Å²) in [6.07, 6.45) is 2.80. The molecule has 1 fully saturated rings. The van der Waals surface area contributed by atoms with Gasteiger partial charge in [-0.1, -0.05) is 12.1 Å². The third-order valence-corrected chi connectivity index (χ3v) is 6.46. The van der Waals surface area contributed by atoms with Gasteiger partial charge in [-0.25, -0.2) is 0 Å². The lowest BCUT2D eigenvalue weighted by Crippen LogP contribution is -2.46. The molecule has 0 spiro atoms. The number of nitrogens with two attached hydrogens (primary N) is 1. The fraction of sp³-hybridized carbons (Fsp3) is 0.316. The first-order valence-corrected chi connectivity index (χ1v) is 10.5. The van der Waals surface area contributed by atoms with E-state index in [2.05, 4.69) is 9.62 Å². The molecule has 2 aliphatic rings. The van der Waals surface area contributed by atoms with E-state index in [4.69, 9.17) is 10.5 Å². The largest absolute Gasteiger partial charge is 0.457 e. The first kappa shape index (κ1) is 18.1. The van der Waals surface area contributed by atoms with Gasteiger partial charge in [0.15, 0.2) is 0 Å². The number of anilines is 1. The van der Waals surface area contributed by atoms with Crippen molar-refractivity contribution >= 4 is 22.4 Å². The molecule has 27 heavy (non-hydrogen) atoms. The third kappa shape index (κ3) is 3.74. The van der Waals surface area contributed by atoms with E-state index < -0.39 is 10.8 Å². The average molecular weight is 389 g/mol. The number of rotatable bonds is 5. The number of hydrogen-bond acceptors (Lipinski definition) is 6. The Balaban J connectivity index is 1.53. The van der Waals surface area contributed by atoms with Gasteiger partial charge in [0.25, 0.3) is 0 Å². The minimum atomic E-state index is -3.05. The smallest absolute Gasteiger partial charge is 0.217 e. The summed E-state index contributed by atoms with van der Waals surface area (Å²) >= 11 is 0. The number of hydrogen-bond donors (Lipinski definition) is 4. The standard InChI is InChI=1S/C19H23N3O4S/c20-18(23)10-5-13-3-6-14(7-4-13)26-15-8-9-16-17(12-15)27(24,25)21-19-2-1-11-22(16)19/h3-4,6-9,12,19,21,24-25H,1-2,5,10-11H2,(H2,20,23). The summed E-state index contributed by atoms with van der Waals surface area (Å²) < 4.78 is 29.9. The van der Waals surface area contributed by atoms with Gasteiger partial charge in [-0.2, -0.15) is 4.72 Å². The van der Waals surface area contributed by atoms with Gasteiger partial charge in [0.2, 0.25) is 5.91 Å². The fourth-order valence-corrected chi connectivity index (χ4v) is 5.09. The second-order valence-corrected chi connectivity index (χ2v) is 8.63. The molecule has 144 valence electrons. The Morgan fingerprint density at radius 1 is 1.22 bits per heavy atom. The first-order chi connectivity index (χ1) is 12.9. The monoisotopic (exact) mass is 389 g/mol. The predicted octanol–water partition coefficient (Wildman–Crippen LogP) is 3.45. The summed E-state index contributed by atoms with van der Waals surface area (Å²) in [6.45, 7) is 0.896. The molecule has 0 radical (unpaired) electrons. The fourth-order valence-electron chi connectivity index (χ4n) is 3.58. The van der Waals surface area contributed by atoms with E-state index in [1.807, 2.05) is 36.4 Å². The second kappa shape index (κ2) is 7.05. The molecule has 0 aromatic heterocycles. The molecule has 0 bridgehead atoms. The van der Waals surface area contributed by atoms with Gasteiger partial charge in [0.1, 0.15) is 16.4 Å². The van der Waals surface area contributed by atoms with Crippen molar-refractivity contribution < 1.29 is 18.6 Å². The summed E-state index contributed by atoms with van der Waals surface area (Å²) in [7, 11) is -3.05. The normalized spacial score (nSPS) is 21.3. The number of fused-ring (bicyclic) bond motifs is 3. The molecule has 0 saturated carbocycles. The Bertz CT molecular complexity index is 857. The Morgan fingerprint density at radius 2 is 1.96 bits per heavy atom. The minimum absolute atomic E-state index is 0.0257. The van der Waals surface area contributed by atoms with E-state index in [1.54, 1.807) is 6.07 Å². The van der Waals surface area contributed by atoms with Crippen molar-refractivity contribution in [1.82, 2.24) is 4.72 Å². The van der Waals surface area contributed by atoms with Crippen molar-refractivity contribution in [2.24, 2.45) is 5.73 Å². The molecule has 1 amide bonds. The Hall–Kier alpha value is -2.26. The van der Waals surface area contributed by atoms with Crippen molar-refractivity contribution in [3.8, 4) is 11.5 Å². The Labute approximate surface area is 159 Å². The maximum absolute atomic E-state index is 10.9. The number of carbonyl (C=O) groups excluding carboxylic acids is 1. The molecule has 2 aliphatic heterocycles. The van der Waals surface area contributed by atoms with Crippen LogP contribution in [0.4, 0.5) is 5.69 Å². The lowest BCUT2D eigenvalue weighted by molar-refractivity contribution is -0.117. The number of nitrogens with zero attached hydrogens (tertiary/aromatic N) is 1. The van der Waals surface area contributed by atoms with Crippen LogP contribution < -0.4 is 20.1 Å². The number of amides is 1. The molecular weight excluding hydrogens is 366 g/mol. The van der Waals surface area contributed by atoms with E-state index in [-0.39, 0.29) is 12.1 Å². The molecule has 5 N–H and O–H groups in total. The third-order valence-electron chi connectivity index (χ3n) is 4.92. The van der Waals surface area contributed by atoms with E-state index in [9.17, 15) is 13.9 Å². The van der Waals surface area contributed by atoms with Gasteiger partial charge in [0.05, 0.1) is 11.9 Å². The lowest BCUT2D eigenvalue weighted by atomic mass is 10.1. The highest BCUT2D eigenvalue weighted by Gasteiger charge is 2.38. The van der Waals surface area contributed by atoms with E-state index >= 15 is 0 Å². The summed E-state index contributed by atoms with van der Waals surface area (Å²) in [6, 6.07) is 12.8. The molecule has 1 unspecified atom stereocenters. The molecule has 7 nitrogen and oxygen atoms in total. The highest BCUT2D eigenvalue weighted by atomic mass is 32.3. The van der Waals surface area contributed by atoms with Gasteiger partial charge < -0.3 is 15.4 Å². The van der Waals surface area contributed by atoms with Crippen LogP contribution in [0.15, 0.2) is 47.4 Å². The number of primary amides is 1. The van der Waals surface area contributed by atoms with Crippen LogP contribution in [-0.4, -0.2) is 27.7 Å². The van der Waals surface area contributed by atoms with Gasteiger partial charge >= 0.3 is 0 Å². The minimum Gasteiger partial charge on any atom is -0.457 e. The van der Waals surface area contributed by atoms with Gasteiger partial charge in [-0.3, -0.25) is 13.9 Å². The number of benzene rings is 2. The average Bonchev–Trinajstić information content (AvgIpc) is 3.09. The molecule has 2 heterocycles. The number of ether oxygens (including phenoxy) is 1. The zero-order valence-corrected chi connectivity index (χ0v) is 15.6. The van der Waals surface area contributed by atoms with Crippen molar-refractivity contribution in [2.75, 3.05) is 11.4 Å². The SMILES string of the molecule is NC(=O)CCc1ccc(Oc2ccc3c(c2)S(O)(O)NC2CCCN32)cc1. The second-order valence-electron chi connectivity index (χ2n) is 6.86. The van der Waals surface area contributed by atoms with Crippen LogP contribution in [0.25, 0.3) is 0 Å². The molecule has 8 heteroatoms. The van der Waals surface area contributed by atoms with Crippen molar-refractivity contribution in [3.05, 3.63) is 48.0 Å². The number of carbonyl (C=O) groups is 1. The van der Waals surface area contributed by atoms with E-state index in [1.165, 1.54) is 0 Å². The van der Waals surface area contributed by atoms with Crippen molar-refractivity contribution in [1.29, 1.82) is 0 Å². The van der Waals surface area contributed by atoms with Crippen molar-refractivity contribution in [2.45, 2.75) is 36.7 Å². The van der Waals surface area contributed by atoms with Crippen LogP contribution in [0, 0.1) is 0 Å². The maximum Gasteiger partial charge on any atom is 0.217 e. The molecule has 0 aliphatic carbocycles. The van der Waals surface area contributed by atoms with Crippen LogP contribution in [0.3, 0.4) is 0 Å². The topological polar surface area (TPSA) is 108 Å². The van der Waals surface area contributed by atoms with E-state index in [0.29, 0.717) is 29.2 Å². The number of aryl methyl sites for hydroxylation is 1.